The van der Waals surface area contributed by atoms with E-state index in [0.29, 0.717) is 16.5 Å². The van der Waals surface area contributed by atoms with E-state index >= 15 is 0 Å². The lowest BCUT2D eigenvalue weighted by Gasteiger charge is -2.15. The molecule has 0 aliphatic carbocycles. The highest BCUT2D eigenvalue weighted by Gasteiger charge is 2.11. The minimum atomic E-state index is -0.525. The van der Waals surface area contributed by atoms with Crippen molar-refractivity contribution in [3.8, 4) is 16.9 Å². The fourth-order valence-electron chi connectivity index (χ4n) is 2.76. The van der Waals surface area contributed by atoms with Gasteiger partial charge in [0.05, 0.1) is 5.02 Å². The Labute approximate surface area is 167 Å². The lowest BCUT2D eigenvalue weighted by Crippen LogP contribution is -2.34. The molecule has 0 aromatic heterocycles. The van der Waals surface area contributed by atoms with E-state index in [1.807, 2.05) is 30.5 Å². The Morgan fingerprint density at radius 1 is 1.11 bits per heavy atom. The molecule has 0 aliphatic rings. The third-order valence-electron chi connectivity index (χ3n) is 4.27. The lowest BCUT2D eigenvalue weighted by molar-refractivity contribution is 0.252. The molecule has 0 saturated carbocycles. The number of halogens is 2. The summed E-state index contributed by atoms with van der Waals surface area (Å²) in [5, 5.41) is 3.12. The van der Waals surface area contributed by atoms with Crippen molar-refractivity contribution >= 4 is 23.3 Å². The number of ether oxygens (including phenoxy) is 1. The molecule has 0 fully saturated rings. The summed E-state index contributed by atoms with van der Waals surface area (Å²) in [5.74, 6) is 5.33. The molecule has 144 valence electrons. The van der Waals surface area contributed by atoms with E-state index in [1.165, 1.54) is 12.1 Å². The topological polar surface area (TPSA) is 76.4 Å². The molecule has 3 aromatic rings. The number of urea groups is 1. The van der Waals surface area contributed by atoms with Crippen molar-refractivity contribution in [2.75, 3.05) is 5.32 Å². The van der Waals surface area contributed by atoms with E-state index in [1.54, 1.807) is 30.3 Å². The Morgan fingerprint density at radius 2 is 1.82 bits per heavy atom. The van der Waals surface area contributed by atoms with Gasteiger partial charge >= 0.3 is 6.03 Å². The van der Waals surface area contributed by atoms with E-state index in [4.69, 9.17) is 22.2 Å². The molecule has 0 aliphatic heterocycles. The molecule has 3 rings (SSSR count). The Hall–Kier alpha value is -3.09. The molecule has 28 heavy (non-hydrogen) atoms. The predicted octanol–water partition coefficient (Wildman–Crippen LogP) is 5.03. The van der Waals surface area contributed by atoms with Crippen LogP contribution in [-0.2, 0) is 6.61 Å². The van der Waals surface area contributed by atoms with Crippen molar-refractivity contribution in [1.29, 1.82) is 0 Å². The number of hydrazine groups is 1. The number of rotatable bonds is 5. The summed E-state index contributed by atoms with van der Waals surface area (Å²) in [6.07, 6.45) is 0. The molecule has 2 amide bonds. The van der Waals surface area contributed by atoms with Crippen LogP contribution in [0, 0.1) is 12.7 Å². The van der Waals surface area contributed by atoms with Crippen molar-refractivity contribution in [3.63, 3.8) is 0 Å². The number of aryl methyl sites for hydroxylation is 1. The molecular formula is C21H19ClFN3O2. The van der Waals surface area contributed by atoms with Crippen molar-refractivity contribution in [3.05, 3.63) is 82.6 Å². The van der Waals surface area contributed by atoms with Crippen LogP contribution in [0.1, 0.15) is 11.1 Å². The van der Waals surface area contributed by atoms with Gasteiger partial charge in [0.1, 0.15) is 18.2 Å². The fraction of sp³-hybridized carbons (Fsp3) is 0.0952. The van der Waals surface area contributed by atoms with Crippen LogP contribution in [0.4, 0.5) is 14.9 Å². The fourth-order valence-corrected chi connectivity index (χ4v) is 2.93. The van der Waals surface area contributed by atoms with Crippen molar-refractivity contribution in [2.45, 2.75) is 13.5 Å². The summed E-state index contributed by atoms with van der Waals surface area (Å²) < 4.78 is 19.1. The summed E-state index contributed by atoms with van der Waals surface area (Å²) in [5.41, 5.74) is 6.07. The van der Waals surface area contributed by atoms with E-state index in [0.717, 1.165) is 22.3 Å². The van der Waals surface area contributed by atoms with E-state index in [2.05, 4.69) is 5.32 Å². The number of benzene rings is 3. The molecular weight excluding hydrogens is 381 g/mol. The predicted molar refractivity (Wildman–Crippen MR) is 109 cm³/mol. The van der Waals surface area contributed by atoms with Crippen LogP contribution in [-0.4, -0.2) is 6.03 Å². The Bertz CT molecular complexity index is 993. The SMILES string of the molecule is Cc1cccc(NC(=O)NN)c1COc1cc(-c2ccc(F)cc2)ccc1Cl. The summed E-state index contributed by atoms with van der Waals surface area (Å²) in [7, 11) is 0. The standard InChI is InChI=1S/C21H19ClFN3O2/c1-13-3-2-4-19(25-21(27)26-24)17(13)12-28-20-11-15(7-10-18(20)22)14-5-8-16(23)9-6-14/h2-11H,12,24H2,1H3,(H2,25,26,27). The van der Waals surface area contributed by atoms with Gasteiger partial charge in [0.15, 0.2) is 0 Å². The maximum atomic E-state index is 13.2. The largest absolute Gasteiger partial charge is 0.487 e. The van der Waals surface area contributed by atoms with Gasteiger partial charge in [0.2, 0.25) is 0 Å². The zero-order valence-corrected chi connectivity index (χ0v) is 15.9. The number of hydrogen-bond acceptors (Lipinski definition) is 3. The smallest absolute Gasteiger partial charge is 0.333 e. The van der Waals surface area contributed by atoms with Gasteiger partial charge in [-0.1, -0.05) is 41.9 Å². The van der Waals surface area contributed by atoms with Gasteiger partial charge < -0.3 is 10.1 Å². The van der Waals surface area contributed by atoms with Gasteiger partial charge in [0.25, 0.3) is 0 Å². The zero-order chi connectivity index (χ0) is 20.1. The Morgan fingerprint density at radius 3 is 2.54 bits per heavy atom. The summed E-state index contributed by atoms with van der Waals surface area (Å²) in [4.78, 5) is 11.6. The van der Waals surface area contributed by atoms with Gasteiger partial charge in [0, 0.05) is 11.3 Å². The van der Waals surface area contributed by atoms with Crippen LogP contribution in [0.3, 0.4) is 0 Å². The number of anilines is 1. The molecule has 4 N–H and O–H groups in total. The molecule has 0 saturated heterocycles. The first-order chi connectivity index (χ1) is 13.5. The molecule has 0 atom stereocenters. The number of hydrogen-bond donors (Lipinski definition) is 3. The van der Waals surface area contributed by atoms with Crippen LogP contribution in [0.5, 0.6) is 5.75 Å². The van der Waals surface area contributed by atoms with Crippen LogP contribution in [0.15, 0.2) is 60.7 Å². The first kappa shape index (κ1) is 19.7. The van der Waals surface area contributed by atoms with Crippen molar-refractivity contribution in [1.82, 2.24) is 5.43 Å². The molecule has 0 bridgehead atoms. The van der Waals surface area contributed by atoms with Gasteiger partial charge in [-0.25, -0.2) is 15.0 Å². The zero-order valence-electron chi connectivity index (χ0n) is 15.1. The van der Waals surface area contributed by atoms with Crippen LogP contribution < -0.4 is 21.3 Å². The summed E-state index contributed by atoms with van der Waals surface area (Å²) in [6, 6.07) is 16.5. The molecule has 5 nitrogen and oxygen atoms in total. The number of nitrogens with one attached hydrogen (secondary N) is 2. The van der Waals surface area contributed by atoms with Crippen LogP contribution >= 0.6 is 11.6 Å². The maximum Gasteiger partial charge on any atom is 0.333 e. The third-order valence-corrected chi connectivity index (χ3v) is 4.58. The second-order valence-electron chi connectivity index (χ2n) is 6.14. The van der Waals surface area contributed by atoms with Crippen LogP contribution in [0.25, 0.3) is 11.1 Å². The quantitative estimate of drug-likeness (QED) is 0.320. The van der Waals surface area contributed by atoms with E-state index in [-0.39, 0.29) is 12.4 Å². The van der Waals surface area contributed by atoms with Gasteiger partial charge in [-0.3, -0.25) is 5.43 Å². The number of nitrogens with two attached hydrogens (primary N) is 1. The normalized spacial score (nSPS) is 10.4. The summed E-state index contributed by atoms with van der Waals surface area (Å²) >= 11 is 6.28. The maximum absolute atomic E-state index is 13.2. The first-order valence-electron chi connectivity index (χ1n) is 8.52. The molecule has 7 heteroatoms. The third kappa shape index (κ3) is 4.60. The minimum absolute atomic E-state index is 0.194. The van der Waals surface area contributed by atoms with Crippen LogP contribution in [0.2, 0.25) is 5.02 Å². The molecule has 3 aromatic carbocycles. The second kappa shape index (κ2) is 8.73. The summed E-state index contributed by atoms with van der Waals surface area (Å²) in [6.45, 7) is 2.11. The Kier molecular flexibility index (Phi) is 6.13. The molecule has 0 spiro atoms. The minimum Gasteiger partial charge on any atom is -0.487 e. The van der Waals surface area contributed by atoms with Gasteiger partial charge in [-0.15, -0.1) is 0 Å². The average Bonchev–Trinajstić information content (AvgIpc) is 2.69. The first-order valence-corrected chi connectivity index (χ1v) is 8.90. The van der Waals surface area contributed by atoms with Gasteiger partial charge in [-0.2, -0.15) is 0 Å². The van der Waals surface area contributed by atoms with Crippen molar-refractivity contribution < 1.29 is 13.9 Å². The Balaban J connectivity index is 1.84. The number of carbonyl (C=O) groups is 1. The van der Waals surface area contributed by atoms with E-state index in [9.17, 15) is 9.18 Å². The second-order valence-corrected chi connectivity index (χ2v) is 6.55. The lowest BCUT2D eigenvalue weighted by atomic mass is 10.1. The highest BCUT2D eigenvalue weighted by Crippen LogP contribution is 2.32. The highest BCUT2D eigenvalue weighted by molar-refractivity contribution is 6.32. The molecule has 0 unspecified atom stereocenters. The van der Waals surface area contributed by atoms with Gasteiger partial charge in [-0.05, 0) is 53.9 Å². The highest BCUT2D eigenvalue weighted by atomic mass is 35.5. The molecule has 0 heterocycles. The van der Waals surface area contributed by atoms with Crippen molar-refractivity contribution in [2.24, 2.45) is 5.84 Å². The molecule has 0 radical (unpaired) electrons. The van der Waals surface area contributed by atoms with E-state index < -0.39 is 6.03 Å². The monoisotopic (exact) mass is 399 g/mol. The number of amides is 2. The average molecular weight is 400 g/mol. The number of carbonyl (C=O) groups excluding carboxylic acids is 1.